The number of ether oxygens (including phenoxy) is 1. The Bertz CT molecular complexity index is 774. The maximum Gasteiger partial charge on any atom is 0.412 e. The third kappa shape index (κ3) is 6.19. The number of rotatable bonds is 4. The maximum absolute atomic E-state index is 13.1. The monoisotopic (exact) mass is 422 g/mol. The molecule has 0 radical (unpaired) electrons. The molecule has 1 aliphatic carbocycles. The molecular weight excluding hydrogens is 384 g/mol. The highest BCUT2D eigenvalue weighted by Crippen LogP contribution is 2.41. The lowest BCUT2D eigenvalue weighted by Crippen LogP contribution is -2.48. The summed E-state index contributed by atoms with van der Waals surface area (Å²) in [5, 5.41) is 2.72. The molecule has 1 aromatic rings. The standard InChI is InChI=1S/C22H38N2O4Si/c1-21(2,3)27-20(26)23-16-12-11-15-24(19(16)25)17-13-9-10-14-18(17)28-29(7,8)22(4,5)6/h11-12,15,17-18H,9-10,13-14H2,1-8H3,(H,23,26). The van der Waals surface area contributed by atoms with E-state index in [0.717, 1.165) is 25.7 Å². The molecule has 1 aromatic heterocycles. The molecule has 0 aliphatic heterocycles. The van der Waals surface area contributed by atoms with E-state index in [0.29, 0.717) is 0 Å². The minimum absolute atomic E-state index is 0.0131. The van der Waals surface area contributed by atoms with E-state index in [9.17, 15) is 9.59 Å². The van der Waals surface area contributed by atoms with Gasteiger partial charge in [-0.25, -0.2) is 4.79 Å². The molecule has 2 rings (SSSR count). The van der Waals surface area contributed by atoms with E-state index in [1.54, 1.807) is 43.7 Å². The lowest BCUT2D eigenvalue weighted by molar-refractivity contribution is 0.0635. The van der Waals surface area contributed by atoms with Crippen molar-refractivity contribution >= 4 is 20.1 Å². The summed E-state index contributed by atoms with van der Waals surface area (Å²) < 4.78 is 13.7. The lowest BCUT2D eigenvalue weighted by atomic mass is 9.92. The Morgan fingerprint density at radius 3 is 2.34 bits per heavy atom. The Labute approximate surface area is 176 Å². The van der Waals surface area contributed by atoms with Crippen molar-refractivity contribution in [2.75, 3.05) is 5.32 Å². The summed E-state index contributed by atoms with van der Waals surface area (Å²) in [7, 11) is -1.96. The minimum atomic E-state index is -1.96. The van der Waals surface area contributed by atoms with Crippen LogP contribution in [-0.4, -0.2) is 30.7 Å². The Morgan fingerprint density at radius 2 is 1.76 bits per heavy atom. The highest BCUT2D eigenvalue weighted by atomic mass is 28.4. The molecule has 1 amide bonds. The Kier molecular flexibility index (Phi) is 7.05. The Balaban J connectivity index is 2.27. The van der Waals surface area contributed by atoms with Crippen molar-refractivity contribution in [1.29, 1.82) is 0 Å². The predicted octanol–water partition coefficient (Wildman–Crippen LogP) is 5.70. The number of anilines is 1. The van der Waals surface area contributed by atoms with Gasteiger partial charge in [0.15, 0.2) is 8.32 Å². The van der Waals surface area contributed by atoms with E-state index >= 15 is 0 Å². The van der Waals surface area contributed by atoms with Crippen LogP contribution in [0.2, 0.25) is 18.1 Å². The molecule has 1 N–H and O–H groups in total. The van der Waals surface area contributed by atoms with Crippen molar-refractivity contribution < 1.29 is 14.0 Å². The molecule has 0 bridgehead atoms. The number of aromatic nitrogens is 1. The topological polar surface area (TPSA) is 69.6 Å². The van der Waals surface area contributed by atoms with Gasteiger partial charge in [-0.2, -0.15) is 0 Å². The third-order valence-corrected chi connectivity index (χ3v) is 10.4. The van der Waals surface area contributed by atoms with Crippen LogP contribution in [0.1, 0.15) is 73.3 Å². The minimum Gasteiger partial charge on any atom is -0.444 e. The van der Waals surface area contributed by atoms with Crippen LogP contribution < -0.4 is 10.9 Å². The maximum atomic E-state index is 13.1. The summed E-state index contributed by atoms with van der Waals surface area (Å²) in [6.45, 7) is 16.6. The van der Waals surface area contributed by atoms with Crippen LogP contribution >= 0.6 is 0 Å². The van der Waals surface area contributed by atoms with Crippen LogP contribution in [0.4, 0.5) is 10.5 Å². The first-order valence-corrected chi connectivity index (χ1v) is 13.5. The van der Waals surface area contributed by atoms with E-state index in [1.807, 2.05) is 0 Å². The van der Waals surface area contributed by atoms with E-state index in [1.165, 1.54) is 0 Å². The van der Waals surface area contributed by atoms with Crippen LogP contribution in [0.15, 0.2) is 23.1 Å². The molecular formula is C22H38N2O4Si. The van der Waals surface area contributed by atoms with Crippen molar-refractivity contribution in [3.05, 3.63) is 28.7 Å². The summed E-state index contributed by atoms with van der Waals surface area (Å²) >= 11 is 0. The zero-order valence-electron chi connectivity index (χ0n) is 19.3. The number of hydrogen-bond acceptors (Lipinski definition) is 4. The first kappa shape index (κ1) is 23.7. The number of hydrogen-bond donors (Lipinski definition) is 1. The van der Waals surface area contributed by atoms with Crippen molar-refractivity contribution in [1.82, 2.24) is 4.57 Å². The molecule has 1 saturated carbocycles. The summed E-state index contributed by atoms with van der Waals surface area (Å²) in [4.78, 5) is 25.3. The SMILES string of the molecule is CC(C)(C)OC(=O)Nc1cccn(C2CCCCC2O[Si](C)(C)C(C)(C)C)c1=O. The molecule has 0 spiro atoms. The van der Waals surface area contributed by atoms with Crippen molar-refractivity contribution in [3.63, 3.8) is 0 Å². The molecule has 29 heavy (non-hydrogen) atoms. The summed E-state index contributed by atoms with van der Waals surface area (Å²) in [5.74, 6) is 0. The van der Waals surface area contributed by atoms with Gasteiger partial charge in [0.05, 0.1) is 12.1 Å². The van der Waals surface area contributed by atoms with Crippen LogP contribution in [0, 0.1) is 0 Å². The van der Waals surface area contributed by atoms with Gasteiger partial charge in [0.2, 0.25) is 0 Å². The quantitative estimate of drug-likeness (QED) is 0.632. The molecule has 164 valence electrons. The molecule has 6 nitrogen and oxygen atoms in total. The second kappa shape index (κ2) is 8.64. The number of pyridine rings is 1. The number of carbonyl (C=O) groups is 1. The second-order valence-corrected chi connectivity index (χ2v) is 15.3. The molecule has 0 saturated heterocycles. The largest absolute Gasteiger partial charge is 0.444 e. The smallest absolute Gasteiger partial charge is 0.412 e. The number of carbonyl (C=O) groups excluding carboxylic acids is 1. The van der Waals surface area contributed by atoms with E-state index in [2.05, 4.69) is 39.2 Å². The van der Waals surface area contributed by atoms with Gasteiger partial charge in [-0.1, -0.05) is 33.6 Å². The fourth-order valence-corrected chi connectivity index (χ4v) is 4.75. The fourth-order valence-electron chi connectivity index (χ4n) is 3.37. The van der Waals surface area contributed by atoms with Gasteiger partial charge in [0, 0.05) is 6.20 Å². The summed E-state index contributed by atoms with van der Waals surface area (Å²) in [5.41, 5.74) is -0.601. The van der Waals surface area contributed by atoms with Gasteiger partial charge >= 0.3 is 6.09 Å². The van der Waals surface area contributed by atoms with Gasteiger partial charge in [0.25, 0.3) is 5.56 Å². The van der Waals surface area contributed by atoms with Crippen molar-refractivity contribution in [2.24, 2.45) is 0 Å². The van der Waals surface area contributed by atoms with Crippen LogP contribution in [0.5, 0.6) is 0 Å². The average Bonchev–Trinajstić information content (AvgIpc) is 2.54. The first-order valence-electron chi connectivity index (χ1n) is 10.6. The van der Waals surface area contributed by atoms with E-state index < -0.39 is 20.0 Å². The van der Waals surface area contributed by atoms with Gasteiger partial charge in [-0.05, 0) is 63.9 Å². The average molecular weight is 423 g/mol. The van der Waals surface area contributed by atoms with Crippen molar-refractivity contribution in [3.8, 4) is 0 Å². The van der Waals surface area contributed by atoms with Gasteiger partial charge in [-0.15, -0.1) is 0 Å². The normalized spacial score (nSPS) is 21.0. The number of nitrogens with zero attached hydrogens (tertiary/aromatic N) is 1. The van der Waals surface area contributed by atoms with E-state index in [-0.39, 0.29) is 28.4 Å². The Morgan fingerprint density at radius 1 is 1.14 bits per heavy atom. The van der Waals surface area contributed by atoms with Crippen LogP contribution in [0.25, 0.3) is 0 Å². The fraction of sp³-hybridized carbons (Fsp3) is 0.727. The second-order valence-electron chi connectivity index (χ2n) is 10.5. The summed E-state index contributed by atoms with van der Waals surface area (Å²) in [6.07, 6.45) is 5.23. The lowest BCUT2D eigenvalue weighted by Gasteiger charge is -2.43. The highest BCUT2D eigenvalue weighted by Gasteiger charge is 2.41. The van der Waals surface area contributed by atoms with Crippen molar-refractivity contribution in [2.45, 2.75) is 103 Å². The Hall–Kier alpha value is -1.60. The molecule has 2 unspecified atom stereocenters. The van der Waals surface area contributed by atoms with Crippen LogP contribution in [0.3, 0.4) is 0 Å². The zero-order valence-corrected chi connectivity index (χ0v) is 20.3. The molecule has 1 aliphatic rings. The highest BCUT2D eigenvalue weighted by molar-refractivity contribution is 6.74. The number of nitrogens with one attached hydrogen (secondary N) is 1. The van der Waals surface area contributed by atoms with Gasteiger partial charge < -0.3 is 13.7 Å². The summed E-state index contributed by atoms with van der Waals surface area (Å²) in [6, 6.07) is 3.40. The van der Waals surface area contributed by atoms with Gasteiger partial charge in [-0.3, -0.25) is 10.1 Å². The first-order chi connectivity index (χ1) is 13.2. The van der Waals surface area contributed by atoms with Crippen LogP contribution in [-0.2, 0) is 9.16 Å². The molecule has 1 fully saturated rings. The zero-order chi connectivity index (χ0) is 22.0. The molecule has 0 aromatic carbocycles. The molecule has 7 heteroatoms. The molecule has 1 heterocycles. The predicted molar refractivity (Wildman–Crippen MR) is 120 cm³/mol. The van der Waals surface area contributed by atoms with Gasteiger partial charge in [0.1, 0.15) is 11.3 Å². The molecule has 2 atom stereocenters. The number of amides is 1. The van der Waals surface area contributed by atoms with E-state index in [4.69, 9.17) is 9.16 Å². The third-order valence-electron chi connectivity index (χ3n) is 5.89.